The summed E-state index contributed by atoms with van der Waals surface area (Å²) < 4.78 is 6.10. The quantitative estimate of drug-likeness (QED) is 0.729. The molecule has 4 N–H and O–H groups in total. The van der Waals surface area contributed by atoms with Crippen molar-refractivity contribution in [1.29, 1.82) is 0 Å². The van der Waals surface area contributed by atoms with Crippen molar-refractivity contribution in [1.82, 2.24) is 10.6 Å². The summed E-state index contributed by atoms with van der Waals surface area (Å²) in [5, 5.41) is 5.66. The Morgan fingerprint density at radius 1 is 1.29 bits per heavy atom. The lowest BCUT2D eigenvalue weighted by molar-refractivity contribution is -0.117. The van der Waals surface area contributed by atoms with Crippen LogP contribution >= 0.6 is 12.4 Å². The van der Waals surface area contributed by atoms with E-state index < -0.39 is 17.4 Å². The minimum Gasteiger partial charge on any atom is -0.486 e. The highest BCUT2D eigenvalue weighted by molar-refractivity contribution is 6.04. The van der Waals surface area contributed by atoms with Gasteiger partial charge in [-0.3, -0.25) is 14.4 Å². The molecule has 2 aliphatic heterocycles. The highest BCUT2D eigenvalue weighted by Gasteiger charge is 2.41. The monoisotopic (exact) mass is 353 g/mol. The number of hydrogen-bond acceptors (Lipinski definition) is 5. The Morgan fingerprint density at radius 2 is 2.00 bits per heavy atom. The Bertz CT molecular complexity index is 671. The Hall–Kier alpha value is -2.12. The van der Waals surface area contributed by atoms with Crippen LogP contribution in [0, 0.1) is 0 Å². The molecule has 0 radical (unpaired) electrons. The molecular formula is C16H20ClN3O4. The molecule has 7 nitrogen and oxygen atoms in total. The number of nitrogens with two attached hydrogens (primary N) is 1. The highest BCUT2D eigenvalue weighted by atomic mass is 35.5. The molecule has 0 saturated carbocycles. The molecule has 1 aromatic rings. The van der Waals surface area contributed by atoms with Crippen LogP contribution in [0.25, 0.3) is 0 Å². The molecule has 1 fully saturated rings. The number of ether oxygens (including phenoxy) is 1. The van der Waals surface area contributed by atoms with Crippen LogP contribution in [-0.4, -0.2) is 42.8 Å². The number of halogens is 1. The van der Waals surface area contributed by atoms with E-state index in [1.54, 1.807) is 12.1 Å². The van der Waals surface area contributed by atoms with Gasteiger partial charge in [0.1, 0.15) is 11.4 Å². The molecule has 8 heteroatoms. The Morgan fingerprint density at radius 3 is 2.67 bits per heavy atom. The molecular weight excluding hydrogens is 334 g/mol. The molecule has 24 heavy (non-hydrogen) atoms. The van der Waals surface area contributed by atoms with Crippen molar-refractivity contribution in [3.63, 3.8) is 0 Å². The maximum atomic E-state index is 12.5. The largest absolute Gasteiger partial charge is 0.486 e. The van der Waals surface area contributed by atoms with Crippen LogP contribution in [-0.2, 0) is 4.79 Å². The smallest absolute Gasteiger partial charge is 0.251 e. The molecule has 0 bridgehead atoms. The van der Waals surface area contributed by atoms with Crippen LogP contribution in [0.3, 0.4) is 0 Å². The van der Waals surface area contributed by atoms with Crippen LogP contribution in [0.4, 0.5) is 0 Å². The van der Waals surface area contributed by atoms with E-state index in [-0.39, 0.29) is 24.7 Å². The van der Waals surface area contributed by atoms with E-state index in [9.17, 15) is 14.4 Å². The normalized spacial score (nSPS) is 18.1. The second-order valence-electron chi connectivity index (χ2n) is 5.99. The summed E-state index contributed by atoms with van der Waals surface area (Å²) in [6.45, 7) is 1.42. The van der Waals surface area contributed by atoms with E-state index in [0.29, 0.717) is 23.3 Å². The van der Waals surface area contributed by atoms with E-state index in [0.717, 1.165) is 25.9 Å². The van der Waals surface area contributed by atoms with E-state index in [1.165, 1.54) is 6.07 Å². The first-order valence-electron chi connectivity index (χ1n) is 7.63. The van der Waals surface area contributed by atoms with Gasteiger partial charge in [0.15, 0.2) is 5.78 Å². The third-order valence-corrected chi connectivity index (χ3v) is 4.29. The summed E-state index contributed by atoms with van der Waals surface area (Å²) in [6, 6.07) is 4.75. The first kappa shape index (κ1) is 18.2. The number of amides is 2. The second-order valence-corrected chi connectivity index (χ2v) is 5.99. The van der Waals surface area contributed by atoms with Crippen LogP contribution in [0.5, 0.6) is 5.75 Å². The molecule has 0 aromatic heterocycles. The number of carbonyl (C=O) groups is 3. The summed E-state index contributed by atoms with van der Waals surface area (Å²) >= 11 is 0. The summed E-state index contributed by atoms with van der Waals surface area (Å²) in [4.78, 5) is 35.2. The number of primary amides is 1. The topological polar surface area (TPSA) is 111 Å². The Balaban J connectivity index is 0.00000208. The molecule has 2 heterocycles. The fourth-order valence-electron chi connectivity index (χ4n) is 3.07. The lowest BCUT2D eigenvalue weighted by Gasteiger charge is -2.40. The fourth-order valence-corrected chi connectivity index (χ4v) is 3.07. The summed E-state index contributed by atoms with van der Waals surface area (Å²) in [7, 11) is 0. The van der Waals surface area contributed by atoms with Crippen molar-refractivity contribution in [2.45, 2.75) is 24.9 Å². The molecule has 0 unspecified atom stereocenters. The maximum absolute atomic E-state index is 12.5. The molecule has 1 aromatic carbocycles. The predicted octanol–water partition coefficient (Wildman–Crippen LogP) is 0.411. The third-order valence-electron chi connectivity index (χ3n) is 4.29. The van der Waals surface area contributed by atoms with Gasteiger partial charge in [-0.05, 0) is 31.3 Å². The molecule has 1 saturated heterocycles. The Labute approximate surface area is 145 Å². The number of rotatable bonds is 3. The average Bonchev–Trinajstić information content (AvgIpc) is 2.53. The van der Waals surface area contributed by atoms with Gasteiger partial charge in [0.25, 0.3) is 5.91 Å². The third kappa shape index (κ3) is 3.68. The van der Waals surface area contributed by atoms with Crippen molar-refractivity contribution in [3.8, 4) is 5.75 Å². The number of nitrogens with one attached hydrogen (secondary N) is 2. The zero-order valence-corrected chi connectivity index (χ0v) is 13.9. The average molecular weight is 354 g/mol. The minimum atomic E-state index is -0.622. The van der Waals surface area contributed by atoms with Gasteiger partial charge in [-0.1, -0.05) is 0 Å². The number of carbonyl (C=O) groups excluding carboxylic acids is 3. The van der Waals surface area contributed by atoms with Crippen molar-refractivity contribution < 1.29 is 19.1 Å². The van der Waals surface area contributed by atoms with Gasteiger partial charge >= 0.3 is 0 Å². The van der Waals surface area contributed by atoms with Gasteiger partial charge in [-0.25, -0.2) is 0 Å². The first-order chi connectivity index (χ1) is 11.0. The van der Waals surface area contributed by atoms with Crippen molar-refractivity contribution in [2.75, 3.05) is 19.6 Å². The van der Waals surface area contributed by atoms with Crippen molar-refractivity contribution in [2.24, 2.45) is 5.73 Å². The summed E-state index contributed by atoms with van der Waals surface area (Å²) in [6.07, 6.45) is 1.91. The van der Waals surface area contributed by atoms with Gasteiger partial charge in [0.05, 0.1) is 18.5 Å². The number of ketones is 1. The highest BCUT2D eigenvalue weighted by Crippen LogP contribution is 2.38. The van der Waals surface area contributed by atoms with E-state index >= 15 is 0 Å². The molecule has 2 aliphatic rings. The van der Waals surface area contributed by atoms with E-state index in [4.69, 9.17) is 10.5 Å². The molecule has 0 atom stereocenters. The van der Waals surface area contributed by atoms with Crippen LogP contribution in [0.2, 0.25) is 0 Å². The lowest BCUT2D eigenvalue weighted by Crippen LogP contribution is -2.49. The molecule has 3 rings (SSSR count). The molecule has 130 valence electrons. The van der Waals surface area contributed by atoms with Crippen molar-refractivity contribution in [3.05, 3.63) is 29.3 Å². The fraction of sp³-hybridized carbons (Fsp3) is 0.438. The number of benzene rings is 1. The first-order valence-corrected chi connectivity index (χ1v) is 7.63. The molecule has 1 spiro atoms. The van der Waals surface area contributed by atoms with E-state index in [2.05, 4.69) is 10.6 Å². The van der Waals surface area contributed by atoms with Gasteiger partial charge in [-0.2, -0.15) is 0 Å². The van der Waals surface area contributed by atoms with Crippen LogP contribution < -0.4 is 21.1 Å². The summed E-state index contributed by atoms with van der Waals surface area (Å²) in [5.41, 5.74) is 5.30. The zero-order chi connectivity index (χ0) is 16.4. The number of hydrogen-bond donors (Lipinski definition) is 3. The maximum Gasteiger partial charge on any atom is 0.251 e. The van der Waals surface area contributed by atoms with Crippen LogP contribution in [0.15, 0.2) is 18.2 Å². The standard InChI is InChI=1S/C16H19N3O4.ClH/c17-14(21)9-19-15(22)10-1-2-13-11(7-10)12(20)8-16(23-13)3-5-18-6-4-16;/h1-2,7,18H,3-6,8-9H2,(H2,17,21)(H,19,22);1H. The van der Waals surface area contributed by atoms with Gasteiger partial charge in [0, 0.05) is 18.4 Å². The molecule has 0 aliphatic carbocycles. The predicted molar refractivity (Wildman–Crippen MR) is 89.6 cm³/mol. The Kier molecular flexibility index (Phi) is 5.46. The SMILES string of the molecule is Cl.NC(=O)CNC(=O)c1ccc2c(c1)C(=O)CC1(CCNCC1)O2. The van der Waals surface area contributed by atoms with Crippen LogP contribution in [0.1, 0.15) is 40.0 Å². The van der Waals surface area contributed by atoms with Gasteiger partial charge < -0.3 is 21.1 Å². The summed E-state index contributed by atoms with van der Waals surface area (Å²) in [5.74, 6) is -0.558. The van der Waals surface area contributed by atoms with Gasteiger partial charge in [0.2, 0.25) is 5.91 Å². The minimum absolute atomic E-state index is 0. The molecule has 2 amide bonds. The second kappa shape index (κ2) is 7.19. The van der Waals surface area contributed by atoms with Gasteiger partial charge in [-0.15, -0.1) is 12.4 Å². The zero-order valence-electron chi connectivity index (χ0n) is 13.1. The number of Topliss-reactive ketones (excluding diaryl/α,β-unsaturated/α-hetero) is 1. The number of piperidine rings is 1. The number of fused-ring (bicyclic) bond motifs is 1. The van der Waals surface area contributed by atoms with Crippen molar-refractivity contribution >= 4 is 30.0 Å². The lowest BCUT2D eigenvalue weighted by atomic mass is 9.83. The van der Waals surface area contributed by atoms with E-state index in [1.807, 2.05) is 0 Å².